The first-order valence-corrected chi connectivity index (χ1v) is 8.98. The zero-order chi connectivity index (χ0) is 20.7. The summed E-state index contributed by atoms with van der Waals surface area (Å²) in [6, 6.07) is 3.91. The Morgan fingerprint density at radius 1 is 1.21 bits per heavy atom. The molecule has 1 amide bonds. The minimum Gasteiger partial charge on any atom is -0.480 e. The van der Waals surface area contributed by atoms with Crippen LogP contribution in [0.2, 0.25) is 0 Å². The lowest BCUT2D eigenvalue weighted by molar-refractivity contribution is 0.0922. The number of aryl methyl sites for hydroxylation is 2. The SMILES string of the molecule is COc1nc(-c2cc(F)ccc2[C@H]2Cc3nc(N)nc(C)c3C(=O)N2)cnc1C. The predicted molar refractivity (Wildman–Crippen MR) is 104 cm³/mol. The van der Waals surface area contributed by atoms with Crippen molar-refractivity contribution in [1.82, 2.24) is 25.3 Å². The van der Waals surface area contributed by atoms with Crippen LogP contribution in [0.5, 0.6) is 5.88 Å². The molecule has 3 heterocycles. The lowest BCUT2D eigenvalue weighted by atomic mass is 9.90. The van der Waals surface area contributed by atoms with E-state index in [1.165, 1.54) is 19.2 Å². The summed E-state index contributed by atoms with van der Waals surface area (Å²) < 4.78 is 19.3. The van der Waals surface area contributed by atoms with E-state index in [4.69, 9.17) is 10.5 Å². The van der Waals surface area contributed by atoms with Crippen LogP contribution in [-0.2, 0) is 6.42 Å². The summed E-state index contributed by atoms with van der Waals surface area (Å²) in [4.78, 5) is 29.7. The molecule has 0 aliphatic carbocycles. The molecule has 2 aromatic heterocycles. The number of ether oxygens (including phenoxy) is 1. The second kappa shape index (κ2) is 7.08. The molecule has 3 N–H and O–H groups in total. The average molecular weight is 394 g/mol. The van der Waals surface area contributed by atoms with Gasteiger partial charge in [0.1, 0.15) is 5.82 Å². The van der Waals surface area contributed by atoms with Crippen molar-refractivity contribution < 1.29 is 13.9 Å². The van der Waals surface area contributed by atoms with Crippen LogP contribution in [0.25, 0.3) is 11.3 Å². The van der Waals surface area contributed by atoms with Crippen molar-refractivity contribution in [3.8, 4) is 17.1 Å². The van der Waals surface area contributed by atoms with Gasteiger partial charge in [0, 0.05) is 12.0 Å². The van der Waals surface area contributed by atoms with Gasteiger partial charge in [0.15, 0.2) is 0 Å². The monoisotopic (exact) mass is 394 g/mol. The molecule has 1 aliphatic heterocycles. The molecule has 9 heteroatoms. The summed E-state index contributed by atoms with van der Waals surface area (Å²) in [7, 11) is 1.50. The van der Waals surface area contributed by atoms with Crippen LogP contribution in [0, 0.1) is 19.7 Å². The second-order valence-electron chi connectivity index (χ2n) is 6.80. The van der Waals surface area contributed by atoms with Crippen LogP contribution in [0.15, 0.2) is 24.4 Å². The van der Waals surface area contributed by atoms with Crippen LogP contribution in [0.3, 0.4) is 0 Å². The van der Waals surface area contributed by atoms with Gasteiger partial charge < -0.3 is 15.8 Å². The number of anilines is 1. The van der Waals surface area contributed by atoms with E-state index in [-0.39, 0.29) is 11.9 Å². The van der Waals surface area contributed by atoms with Crippen LogP contribution >= 0.6 is 0 Å². The molecule has 1 aliphatic rings. The molecule has 0 spiro atoms. The molecule has 0 bridgehead atoms. The lowest BCUT2D eigenvalue weighted by Gasteiger charge is -2.27. The third-order valence-electron chi connectivity index (χ3n) is 4.88. The number of carbonyl (C=O) groups excluding carboxylic acids is 1. The Kier molecular flexibility index (Phi) is 4.57. The number of benzene rings is 1. The topological polar surface area (TPSA) is 116 Å². The van der Waals surface area contributed by atoms with E-state index in [9.17, 15) is 9.18 Å². The Morgan fingerprint density at radius 2 is 2.00 bits per heavy atom. The van der Waals surface area contributed by atoms with E-state index < -0.39 is 11.9 Å². The normalized spacial score (nSPS) is 15.6. The van der Waals surface area contributed by atoms with Crippen molar-refractivity contribution >= 4 is 11.9 Å². The number of amides is 1. The molecule has 0 unspecified atom stereocenters. The first-order valence-electron chi connectivity index (χ1n) is 8.98. The molecule has 0 fully saturated rings. The number of halogens is 1. The largest absolute Gasteiger partial charge is 0.480 e. The van der Waals surface area contributed by atoms with E-state index in [0.29, 0.717) is 51.8 Å². The van der Waals surface area contributed by atoms with Crippen LogP contribution < -0.4 is 15.8 Å². The highest BCUT2D eigenvalue weighted by atomic mass is 19.1. The molecule has 0 saturated heterocycles. The number of fused-ring (bicyclic) bond motifs is 1. The van der Waals surface area contributed by atoms with E-state index in [0.717, 1.165) is 0 Å². The molecule has 1 aromatic carbocycles. The second-order valence-corrected chi connectivity index (χ2v) is 6.80. The predicted octanol–water partition coefficient (Wildman–Crippen LogP) is 2.31. The maximum absolute atomic E-state index is 14.1. The quantitative estimate of drug-likeness (QED) is 0.700. The smallest absolute Gasteiger partial charge is 0.255 e. The number of hydrogen-bond acceptors (Lipinski definition) is 7. The first kappa shape index (κ1) is 18.7. The van der Waals surface area contributed by atoms with Crippen LogP contribution in [0.4, 0.5) is 10.3 Å². The molecule has 1 atom stereocenters. The molecule has 3 aromatic rings. The fourth-order valence-electron chi connectivity index (χ4n) is 3.57. The molecule has 4 rings (SSSR count). The van der Waals surface area contributed by atoms with Crippen molar-refractivity contribution in [3.63, 3.8) is 0 Å². The summed E-state index contributed by atoms with van der Waals surface area (Å²) >= 11 is 0. The van der Waals surface area contributed by atoms with Gasteiger partial charge in [-0.05, 0) is 31.5 Å². The van der Waals surface area contributed by atoms with Gasteiger partial charge in [-0.2, -0.15) is 0 Å². The fourth-order valence-corrected chi connectivity index (χ4v) is 3.57. The summed E-state index contributed by atoms with van der Waals surface area (Å²) in [5, 5.41) is 2.96. The number of methoxy groups -OCH3 is 1. The van der Waals surface area contributed by atoms with Gasteiger partial charge in [0.2, 0.25) is 11.8 Å². The van der Waals surface area contributed by atoms with Gasteiger partial charge in [-0.25, -0.2) is 19.3 Å². The highest BCUT2D eigenvalue weighted by Crippen LogP contribution is 2.33. The summed E-state index contributed by atoms with van der Waals surface area (Å²) in [6.45, 7) is 3.49. The van der Waals surface area contributed by atoms with Crippen molar-refractivity contribution in [1.29, 1.82) is 0 Å². The number of nitrogens with two attached hydrogens (primary N) is 1. The van der Waals surface area contributed by atoms with Gasteiger partial charge in [-0.15, -0.1) is 0 Å². The molecule has 0 radical (unpaired) electrons. The number of nitrogens with one attached hydrogen (secondary N) is 1. The fraction of sp³-hybridized carbons (Fsp3) is 0.250. The standard InChI is InChI=1S/C20H19FN6O2/c1-9-17-15(27-20(22)24-9)7-14(25-18(17)28)12-5-4-11(21)6-13(12)16-8-23-10(2)19(26-16)29-3/h4-6,8,14H,7H2,1-3H3,(H,25,28)(H2,22,24,27)/t14-/m1/s1. The highest BCUT2D eigenvalue weighted by molar-refractivity contribution is 5.98. The molecule has 148 valence electrons. The maximum Gasteiger partial charge on any atom is 0.255 e. The van der Waals surface area contributed by atoms with Gasteiger partial charge in [0.25, 0.3) is 5.91 Å². The number of hydrogen-bond donors (Lipinski definition) is 2. The molecular weight excluding hydrogens is 375 g/mol. The van der Waals surface area contributed by atoms with E-state index in [1.54, 1.807) is 26.1 Å². The molecule has 0 saturated carbocycles. The van der Waals surface area contributed by atoms with Crippen LogP contribution in [-0.4, -0.2) is 33.0 Å². The highest BCUT2D eigenvalue weighted by Gasteiger charge is 2.30. The van der Waals surface area contributed by atoms with E-state index in [1.807, 2.05) is 0 Å². The molecule has 8 nitrogen and oxygen atoms in total. The zero-order valence-corrected chi connectivity index (χ0v) is 16.2. The van der Waals surface area contributed by atoms with Crippen LogP contribution in [0.1, 0.15) is 39.0 Å². The number of carbonyl (C=O) groups is 1. The van der Waals surface area contributed by atoms with Gasteiger partial charge in [-0.3, -0.25) is 9.78 Å². The van der Waals surface area contributed by atoms with Crippen molar-refractivity contribution in [3.05, 3.63) is 58.4 Å². The first-order chi connectivity index (χ1) is 13.9. The van der Waals surface area contributed by atoms with E-state index in [2.05, 4.69) is 25.3 Å². The number of aromatic nitrogens is 4. The molecular formula is C20H19FN6O2. The Bertz CT molecular complexity index is 1130. The Labute approximate surface area is 166 Å². The Morgan fingerprint density at radius 3 is 2.76 bits per heavy atom. The van der Waals surface area contributed by atoms with Gasteiger partial charge in [0.05, 0.1) is 47.7 Å². The number of nitrogens with zero attached hydrogens (tertiary/aromatic N) is 4. The summed E-state index contributed by atoms with van der Waals surface area (Å²) in [5.74, 6) is -0.248. The molecule has 29 heavy (non-hydrogen) atoms. The Hall–Kier alpha value is -3.62. The summed E-state index contributed by atoms with van der Waals surface area (Å²) in [5.41, 5.74) is 9.56. The summed E-state index contributed by atoms with van der Waals surface area (Å²) in [6.07, 6.45) is 1.95. The lowest BCUT2D eigenvalue weighted by Crippen LogP contribution is -2.37. The minimum atomic E-state index is -0.437. The van der Waals surface area contributed by atoms with Crippen molar-refractivity contribution in [2.75, 3.05) is 12.8 Å². The third-order valence-corrected chi connectivity index (χ3v) is 4.88. The van der Waals surface area contributed by atoms with Gasteiger partial charge >= 0.3 is 0 Å². The van der Waals surface area contributed by atoms with Gasteiger partial charge in [-0.1, -0.05) is 6.07 Å². The van der Waals surface area contributed by atoms with Crippen molar-refractivity contribution in [2.45, 2.75) is 26.3 Å². The third kappa shape index (κ3) is 3.35. The minimum absolute atomic E-state index is 0.114. The average Bonchev–Trinajstić information content (AvgIpc) is 2.67. The zero-order valence-electron chi connectivity index (χ0n) is 16.2. The van der Waals surface area contributed by atoms with Crippen molar-refractivity contribution in [2.24, 2.45) is 0 Å². The number of nitrogen functional groups attached to an aromatic ring is 1. The Balaban J connectivity index is 1.82. The van der Waals surface area contributed by atoms with E-state index >= 15 is 0 Å². The maximum atomic E-state index is 14.1. The number of rotatable bonds is 3.